The Hall–Kier alpha value is -2.36. The summed E-state index contributed by atoms with van der Waals surface area (Å²) in [4.78, 5) is 11.4. The van der Waals surface area contributed by atoms with Crippen LogP contribution in [0.25, 0.3) is 11.0 Å². The fourth-order valence-corrected chi connectivity index (χ4v) is 2.35. The summed E-state index contributed by atoms with van der Waals surface area (Å²) in [5, 5.41) is 0.891. The maximum atomic E-state index is 6.00. The molecule has 4 nitrogen and oxygen atoms in total. The lowest BCUT2D eigenvalue weighted by atomic mass is 10.1. The summed E-state index contributed by atoms with van der Waals surface area (Å²) in [5.41, 5.74) is 4.24. The maximum Gasteiger partial charge on any atom is 0.231 e. The van der Waals surface area contributed by atoms with Gasteiger partial charge in [-0.15, -0.1) is 0 Å². The largest absolute Gasteiger partial charge is 0.438 e. The van der Waals surface area contributed by atoms with E-state index in [2.05, 4.69) is 34.0 Å². The summed E-state index contributed by atoms with van der Waals surface area (Å²) >= 11 is 0. The smallest absolute Gasteiger partial charge is 0.231 e. The van der Waals surface area contributed by atoms with E-state index in [1.54, 1.807) is 0 Å². The molecule has 0 radical (unpaired) electrons. The van der Waals surface area contributed by atoms with Crippen LogP contribution in [0, 0.1) is 20.8 Å². The van der Waals surface area contributed by atoms with Crippen molar-refractivity contribution in [2.45, 2.75) is 20.8 Å². The number of hydrogen-bond donors (Lipinski definition) is 1. The molecule has 19 heavy (non-hydrogen) atoms. The third-order valence-electron chi connectivity index (χ3n) is 3.12. The third-order valence-corrected chi connectivity index (χ3v) is 3.12. The van der Waals surface area contributed by atoms with E-state index in [-0.39, 0.29) is 0 Å². The second-order valence-corrected chi connectivity index (χ2v) is 4.75. The predicted octanol–water partition coefficient (Wildman–Crippen LogP) is 3.68. The first-order chi connectivity index (χ1) is 9.15. The molecule has 3 aromatic rings. The van der Waals surface area contributed by atoms with Crippen molar-refractivity contribution in [1.29, 1.82) is 0 Å². The van der Waals surface area contributed by atoms with E-state index in [1.165, 1.54) is 11.9 Å². The van der Waals surface area contributed by atoms with Gasteiger partial charge in [-0.25, -0.2) is 9.97 Å². The highest BCUT2D eigenvalue weighted by atomic mass is 16.5. The SMILES string of the molecule is Cc1cc(C)c(Oc2ncnc3[nH]ccc23)c(C)c1. The Morgan fingerprint density at radius 2 is 1.79 bits per heavy atom. The number of fused-ring (bicyclic) bond motifs is 1. The van der Waals surface area contributed by atoms with Gasteiger partial charge in [0.2, 0.25) is 5.88 Å². The number of ether oxygens (including phenoxy) is 1. The molecule has 4 heteroatoms. The Labute approximate surface area is 111 Å². The Morgan fingerprint density at radius 3 is 2.53 bits per heavy atom. The second kappa shape index (κ2) is 4.39. The van der Waals surface area contributed by atoms with E-state index < -0.39 is 0 Å². The molecule has 96 valence electrons. The van der Waals surface area contributed by atoms with E-state index in [1.807, 2.05) is 26.1 Å². The number of aromatic amines is 1. The van der Waals surface area contributed by atoms with Crippen LogP contribution in [0.5, 0.6) is 11.6 Å². The maximum absolute atomic E-state index is 6.00. The average molecular weight is 253 g/mol. The first-order valence-corrected chi connectivity index (χ1v) is 6.19. The third kappa shape index (κ3) is 2.05. The van der Waals surface area contributed by atoms with Gasteiger partial charge in [-0.3, -0.25) is 0 Å². The van der Waals surface area contributed by atoms with Crippen molar-refractivity contribution in [2.24, 2.45) is 0 Å². The molecule has 0 spiro atoms. The monoisotopic (exact) mass is 253 g/mol. The molecule has 0 saturated heterocycles. The summed E-state index contributed by atoms with van der Waals surface area (Å²) in [5.74, 6) is 1.45. The fourth-order valence-electron chi connectivity index (χ4n) is 2.35. The molecule has 0 amide bonds. The Kier molecular flexibility index (Phi) is 2.71. The van der Waals surface area contributed by atoms with Crippen molar-refractivity contribution >= 4 is 11.0 Å². The van der Waals surface area contributed by atoms with Crippen LogP contribution < -0.4 is 4.74 Å². The molecule has 0 unspecified atom stereocenters. The minimum Gasteiger partial charge on any atom is -0.438 e. The van der Waals surface area contributed by atoms with Gasteiger partial charge in [-0.1, -0.05) is 17.7 Å². The number of rotatable bonds is 2. The number of nitrogens with one attached hydrogen (secondary N) is 1. The molecule has 0 saturated carbocycles. The number of nitrogens with zero attached hydrogens (tertiary/aromatic N) is 2. The molecule has 0 fully saturated rings. The molecule has 0 bridgehead atoms. The quantitative estimate of drug-likeness (QED) is 0.758. The van der Waals surface area contributed by atoms with Gasteiger partial charge in [0, 0.05) is 6.20 Å². The lowest BCUT2D eigenvalue weighted by molar-refractivity contribution is 0.461. The van der Waals surface area contributed by atoms with Crippen molar-refractivity contribution < 1.29 is 4.74 Å². The molecule has 0 aliphatic rings. The van der Waals surface area contributed by atoms with Gasteiger partial charge in [-0.2, -0.15) is 0 Å². The average Bonchev–Trinajstić information content (AvgIpc) is 2.82. The van der Waals surface area contributed by atoms with Crippen LogP contribution >= 0.6 is 0 Å². The summed E-state index contributed by atoms with van der Waals surface area (Å²) in [6.45, 7) is 6.18. The standard InChI is InChI=1S/C15H15N3O/c1-9-6-10(2)13(11(3)7-9)19-15-12-4-5-16-14(12)17-8-18-15/h4-8H,1-3H3,(H,16,17,18). The van der Waals surface area contributed by atoms with Gasteiger partial charge in [-0.05, 0) is 38.0 Å². The van der Waals surface area contributed by atoms with Crippen LogP contribution in [0.4, 0.5) is 0 Å². The van der Waals surface area contributed by atoms with E-state index in [4.69, 9.17) is 4.74 Å². The van der Waals surface area contributed by atoms with Crippen molar-refractivity contribution in [2.75, 3.05) is 0 Å². The first kappa shape index (κ1) is 11.7. The van der Waals surface area contributed by atoms with Gasteiger partial charge in [0.05, 0.1) is 5.39 Å². The van der Waals surface area contributed by atoms with Crippen LogP contribution in [-0.2, 0) is 0 Å². The van der Waals surface area contributed by atoms with E-state index in [0.717, 1.165) is 27.9 Å². The molecule has 0 aliphatic carbocycles. The zero-order valence-corrected chi connectivity index (χ0v) is 11.2. The highest BCUT2D eigenvalue weighted by Crippen LogP contribution is 2.31. The number of aromatic nitrogens is 3. The Balaban J connectivity index is 2.09. The van der Waals surface area contributed by atoms with Crippen LogP contribution in [-0.4, -0.2) is 15.0 Å². The molecule has 3 rings (SSSR count). The van der Waals surface area contributed by atoms with E-state index >= 15 is 0 Å². The summed E-state index contributed by atoms with van der Waals surface area (Å²) in [7, 11) is 0. The van der Waals surface area contributed by atoms with Crippen molar-refractivity contribution in [3.63, 3.8) is 0 Å². The minimum atomic E-state index is 0.585. The molecule has 0 aliphatic heterocycles. The topological polar surface area (TPSA) is 50.8 Å². The highest BCUT2D eigenvalue weighted by molar-refractivity contribution is 5.80. The van der Waals surface area contributed by atoms with Gasteiger partial charge in [0.1, 0.15) is 17.7 Å². The molecule has 0 atom stereocenters. The van der Waals surface area contributed by atoms with Crippen LogP contribution in [0.15, 0.2) is 30.7 Å². The highest BCUT2D eigenvalue weighted by Gasteiger charge is 2.11. The van der Waals surface area contributed by atoms with Gasteiger partial charge < -0.3 is 9.72 Å². The van der Waals surface area contributed by atoms with E-state index in [9.17, 15) is 0 Å². The summed E-state index contributed by atoms with van der Waals surface area (Å²) in [6, 6.07) is 6.14. The molecule has 1 aromatic carbocycles. The molecule has 1 N–H and O–H groups in total. The van der Waals surface area contributed by atoms with Crippen LogP contribution in [0.3, 0.4) is 0 Å². The zero-order chi connectivity index (χ0) is 13.4. The molecular weight excluding hydrogens is 238 g/mol. The lowest BCUT2D eigenvalue weighted by Gasteiger charge is -2.12. The van der Waals surface area contributed by atoms with Crippen molar-refractivity contribution in [3.8, 4) is 11.6 Å². The fraction of sp³-hybridized carbons (Fsp3) is 0.200. The molecular formula is C15H15N3O. The van der Waals surface area contributed by atoms with E-state index in [0.29, 0.717) is 5.88 Å². The normalized spacial score (nSPS) is 10.9. The van der Waals surface area contributed by atoms with Gasteiger partial charge in [0.25, 0.3) is 0 Å². The molecule has 2 heterocycles. The number of aryl methyl sites for hydroxylation is 3. The zero-order valence-electron chi connectivity index (χ0n) is 11.2. The minimum absolute atomic E-state index is 0.585. The Morgan fingerprint density at radius 1 is 1.05 bits per heavy atom. The van der Waals surface area contributed by atoms with Crippen molar-refractivity contribution in [1.82, 2.24) is 15.0 Å². The van der Waals surface area contributed by atoms with Crippen molar-refractivity contribution in [3.05, 3.63) is 47.4 Å². The molecule has 2 aromatic heterocycles. The lowest BCUT2D eigenvalue weighted by Crippen LogP contribution is -1.95. The summed E-state index contributed by atoms with van der Waals surface area (Å²) in [6.07, 6.45) is 3.34. The van der Waals surface area contributed by atoms with Crippen LogP contribution in [0.2, 0.25) is 0 Å². The van der Waals surface area contributed by atoms with Gasteiger partial charge >= 0.3 is 0 Å². The van der Waals surface area contributed by atoms with Crippen LogP contribution in [0.1, 0.15) is 16.7 Å². The Bertz CT molecular complexity index is 723. The predicted molar refractivity (Wildman–Crippen MR) is 74.6 cm³/mol. The van der Waals surface area contributed by atoms with Gasteiger partial charge in [0.15, 0.2) is 0 Å². The number of H-pyrrole nitrogens is 1. The summed E-state index contributed by atoms with van der Waals surface area (Å²) < 4.78 is 6.00. The second-order valence-electron chi connectivity index (χ2n) is 4.75. The first-order valence-electron chi connectivity index (χ1n) is 6.19. The number of benzene rings is 1. The number of hydrogen-bond acceptors (Lipinski definition) is 3.